The highest BCUT2D eigenvalue weighted by molar-refractivity contribution is 7.98. The molecule has 5 nitrogen and oxygen atoms in total. The van der Waals surface area contributed by atoms with Gasteiger partial charge in [0, 0.05) is 12.1 Å². The molecule has 0 aromatic heterocycles. The Morgan fingerprint density at radius 1 is 1.12 bits per heavy atom. The maximum absolute atomic E-state index is 12.6. The lowest BCUT2D eigenvalue weighted by Crippen LogP contribution is -2.46. The van der Waals surface area contributed by atoms with Gasteiger partial charge in [0.2, 0.25) is 5.91 Å². The van der Waals surface area contributed by atoms with Gasteiger partial charge in [-0.1, -0.05) is 30.3 Å². The fourth-order valence-electron chi connectivity index (χ4n) is 2.43. The van der Waals surface area contributed by atoms with E-state index in [-0.39, 0.29) is 11.8 Å². The number of thioether (sulfide) groups is 1. The van der Waals surface area contributed by atoms with Gasteiger partial charge in [-0.2, -0.15) is 11.8 Å². The molecule has 138 valence electrons. The minimum atomic E-state index is -0.569. The molecule has 0 radical (unpaired) electrons. The van der Waals surface area contributed by atoms with Gasteiger partial charge in [-0.25, -0.2) is 0 Å². The second kappa shape index (κ2) is 10.5. The predicted octanol–water partition coefficient (Wildman–Crippen LogP) is 2.86. The first-order chi connectivity index (χ1) is 12.6. The molecule has 0 aliphatic carbocycles. The number of carbonyl (C=O) groups excluding carboxylic acids is 2. The summed E-state index contributed by atoms with van der Waals surface area (Å²) in [5.74, 6) is 1.10. The van der Waals surface area contributed by atoms with E-state index >= 15 is 0 Å². The van der Waals surface area contributed by atoms with Gasteiger partial charge < -0.3 is 15.4 Å². The van der Waals surface area contributed by atoms with Crippen molar-refractivity contribution in [2.24, 2.45) is 0 Å². The first kappa shape index (κ1) is 19.8. The van der Waals surface area contributed by atoms with E-state index < -0.39 is 6.04 Å². The number of carbonyl (C=O) groups is 2. The first-order valence-electron chi connectivity index (χ1n) is 8.39. The van der Waals surface area contributed by atoms with Crippen LogP contribution in [-0.4, -0.2) is 37.0 Å². The smallest absolute Gasteiger partial charge is 0.251 e. The molecule has 0 saturated heterocycles. The van der Waals surface area contributed by atoms with Gasteiger partial charge >= 0.3 is 0 Å². The zero-order chi connectivity index (χ0) is 18.8. The van der Waals surface area contributed by atoms with Crippen LogP contribution >= 0.6 is 11.8 Å². The van der Waals surface area contributed by atoms with Crippen LogP contribution in [0.1, 0.15) is 22.3 Å². The molecular weight excluding hydrogens is 348 g/mol. The van der Waals surface area contributed by atoms with E-state index in [0.29, 0.717) is 18.5 Å². The molecule has 2 N–H and O–H groups in total. The van der Waals surface area contributed by atoms with E-state index in [9.17, 15) is 9.59 Å². The molecule has 0 bridgehead atoms. The van der Waals surface area contributed by atoms with E-state index in [4.69, 9.17) is 4.74 Å². The second-order valence-electron chi connectivity index (χ2n) is 5.74. The zero-order valence-corrected chi connectivity index (χ0v) is 15.8. The molecule has 0 spiro atoms. The van der Waals surface area contributed by atoms with Crippen molar-refractivity contribution in [3.8, 4) is 5.75 Å². The lowest BCUT2D eigenvalue weighted by molar-refractivity contribution is -0.123. The van der Waals surface area contributed by atoms with Gasteiger partial charge in [-0.3, -0.25) is 9.59 Å². The van der Waals surface area contributed by atoms with Crippen molar-refractivity contribution in [3.05, 3.63) is 65.7 Å². The summed E-state index contributed by atoms with van der Waals surface area (Å²) in [5, 5.41) is 5.74. The Balaban J connectivity index is 1.98. The molecule has 0 aliphatic rings. The Morgan fingerprint density at radius 3 is 2.58 bits per heavy atom. The summed E-state index contributed by atoms with van der Waals surface area (Å²) in [7, 11) is 1.61. The summed E-state index contributed by atoms with van der Waals surface area (Å²) >= 11 is 1.64. The molecule has 26 heavy (non-hydrogen) atoms. The fourth-order valence-corrected chi connectivity index (χ4v) is 2.90. The molecule has 0 fully saturated rings. The van der Waals surface area contributed by atoms with Crippen LogP contribution in [0.5, 0.6) is 5.75 Å². The molecule has 0 saturated carbocycles. The third kappa shape index (κ3) is 6.11. The Labute approximate surface area is 158 Å². The number of methoxy groups -OCH3 is 1. The zero-order valence-electron chi connectivity index (χ0n) is 15.0. The van der Waals surface area contributed by atoms with Crippen molar-refractivity contribution >= 4 is 23.6 Å². The van der Waals surface area contributed by atoms with Crippen molar-refractivity contribution in [1.29, 1.82) is 0 Å². The number of ether oxygens (including phenoxy) is 1. The van der Waals surface area contributed by atoms with Gasteiger partial charge in [0.15, 0.2) is 0 Å². The summed E-state index contributed by atoms with van der Waals surface area (Å²) in [6.07, 6.45) is 2.55. The van der Waals surface area contributed by atoms with E-state index in [2.05, 4.69) is 10.6 Å². The molecule has 2 aromatic carbocycles. The average Bonchev–Trinajstić information content (AvgIpc) is 2.69. The van der Waals surface area contributed by atoms with Crippen LogP contribution in [0.25, 0.3) is 0 Å². The summed E-state index contributed by atoms with van der Waals surface area (Å²) in [5.41, 5.74) is 1.48. The van der Waals surface area contributed by atoms with Gasteiger partial charge in [0.05, 0.1) is 7.11 Å². The largest absolute Gasteiger partial charge is 0.497 e. The van der Waals surface area contributed by atoms with Crippen molar-refractivity contribution in [2.75, 3.05) is 19.1 Å². The Morgan fingerprint density at radius 2 is 1.88 bits per heavy atom. The molecule has 6 heteroatoms. The maximum Gasteiger partial charge on any atom is 0.251 e. The maximum atomic E-state index is 12.6. The van der Waals surface area contributed by atoms with Crippen LogP contribution in [-0.2, 0) is 11.3 Å². The number of amides is 2. The van der Waals surface area contributed by atoms with E-state index in [0.717, 1.165) is 17.1 Å². The monoisotopic (exact) mass is 372 g/mol. The van der Waals surface area contributed by atoms with Crippen LogP contribution in [0, 0.1) is 0 Å². The predicted molar refractivity (Wildman–Crippen MR) is 106 cm³/mol. The normalized spacial score (nSPS) is 11.5. The van der Waals surface area contributed by atoms with Crippen molar-refractivity contribution in [1.82, 2.24) is 10.6 Å². The van der Waals surface area contributed by atoms with Crippen LogP contribution in [0.3, 0.4) is 0 Å². The van der Waals surface area contributed by atoms with Crippen LogP contribution in [0.4, 0.5) is 0 Å². The Bertz CT molecular complexity index is 722. The van der Waals surface area contributed by atoms with Crippen LogP contribution < -0.4 is 15.4 Å². The highest BCUT2D eigenvalue weighted by atomic mass is 32.2. The molecule has 1 atom stereocenters. The van der Waals surface area contributed by atoms with Gasteiger partial charge in [-0.05, 0) is 48.3 Å². The number of hydrogen-bond acceptors (Lipinski definition) is 4. The van der Waals surface area contributed by atoms with Crippen molar-refractivity contribution < 1.29 is 14.3 Å². The summed E-state index contributed by atoms with van der Waals surface area (Å²) in [4.78, 5) is 24.9. The lowest BCUT2D eigenvalue weighted by atomic mass is 10.1. The lowest BCUT2D eigenvalue weighted by Gasteiger charge is -2.18. The minimum absolute atomic E-state index is 0.189. The van der Waals surface area contributed by atoms with Gasteiger partial charge in [-0.15, -0.1) is 0 Å². The third-order valence-corrected chi connectivity index (χ3v) is 4.51. The molecular formula is C20H24N2O3S. The standard InChI is InChI=1S/C20H24N2O3S/c1-25-17-10-6-7-15(13-17)14-21-20(24)18(11-12-26-2)22-19(23)16-8-4-3-5-9-16/h3-10,13,18H,11-12,14H2,1-2H3,(H,21,24)(H,22,23). The van der Waals surface area contributed by atoms with Crippen LogP contribution in [0.15, 0.2) is 54.6 Å². The summed E-state index contributed by atoms with van der Waals surface area (Å²) in [6, 6.07) is 15.9. The van der Waals surface area contributed by atoms with E-state index in [1.807, 2.05) is 36.6 Å². The van der Waals surface area contributed by atoms with Gasteiger partial charge in [0.1, 0.15) is 11.8 Å². The number of benzene rings is 2. The molecule has 2 aromatic rings. The molecule has 0 aliphatic heterocycles. The van der Waals surface area contributed by atoms with Gasteiger partial charge in [0.25, 0.3) is 5.91 Å². The van der Waals surface area contributed by atoms with E-state index in [1.165, 1.54) is 0 Å². The first-order valence-corrected chi connectivity index (χ1v) is 9.79. The number of hydrogen-bond donors (Lipinski definition) is 2. The number of rotatable bonds is 9. The second-order valence-corrected chi connectivity index (χ2v) is 6.73. The molecule has 1 unspecified atom stereocenters. The fraction of sp³-hybridized carbons (Fsp3) is 0.300. The molecule has 2 rings (SSSR count). The SMILES string of the molecule is COc1cccc(CNC(=O)C(CCSC)NC(=O)c2ccccc2)c1. The van der Waals surface area contributed by atoms with E-state index in [1.54, 1.807) is 43.1 Å². The van der Waals surface area contributed by atoms with Crippen molar-refractivity contribution in [3.63, 3.8) is 0 Å². The molecule has 2 amide bonds. The summed E-state index contributed by atoms with van der Waals surface area (Å²) in [6.45, 7) is 0.382. The highest BCUT2D eigenvalue weighted by Crippen LogP contribution is 2.12. The number of nitrogens with one attached hydrogen (secondary N) is 2. The Hall–Kier alpha value is -2.47. The Kier molecular flexibility index (Phi) is 8.02. The highest BCUT2D eigenvalue weighted by Gasteiger charge is 2.20. The third-order valence-electron chi connectivity index (χ3n) is 3.87. The summed E-state index contributed by atoms with van der Waals surface area (Å²) < 4.78 is 5.19. The minimum Gasteiger partial charge on any atom is -0.497 e. The quantitative estimate of drug-likeness (QED) is 0.710. The topological polar surface area (TPSA) is 67.4 Å². The average molecular weight is 372 g/mol. The molecule has 0 heterocycles. The van der Waals surface area contributed by atoms with Crippen molar-refractivity contribution in [2.45, 2.75) is 19.0 Å². The van der Waals surface area contributed by atoms with Crippen LogP contribution in [0.2, 0.25) is 0 Å².